The molecule has 15 heavy (non-hydrogen) atoms. The molecule has 0 bridgehead atoms. The monoisotopic (exact) mass is 385 g/mol. The first-order chi connectivity index (χ1) is 6.74. The molecule has 96 valence electrons. The van der Waals surface area contributed by atoms with Crippen molar-refractivity contribution in [2.75, 3.05) is 0 Å². The van der Waals surface area contributed by atoms with E-state index in [9.17, 15) is 0 Å². The van der Waals surface area contributed by atoms with E-state index in [4.69, 9.17) is 0 Å². The van der Waals surface area contributed by atoms with E-state index in [1.54, 1.807) is 0 Å². The van der Waals surface area contributed by atoms with Gasteiger partial charge in [0.25, 0.3) is 0 Å². The molecule has 0 heterocycles. The number of rotatable bonds is 5. The molecule has 0 N–H and O–H groups in total. The molecule has 0 aromatic carbocycles. The van der Waals surface area contributed by atoms with E-state index >= 15 is 0 Å². The second kappa shape index (κ2) is 20.1. The first-order valence-corrected chi connectivity index (χ1v) is 6.54. The molecule has 0 aromatic heterocycles. The summed E-state index contributed by atoms with van der Waals surface area (Å²) in [5, 5.41) is 0. The molecular formula is C14H33W-. The molecule has 0 aliphatic heterocycles. The standard InChI is InChI=1S/C10H21.2C2H6.W/c1-5-9-10(6-2,7-3)8-4;2*1-2;/h1,5-9H2,2-4H3;2*1-2H3;/q-1;;;. The zero-order valence-electron chi connectivity index (χ0n) is 12.2. The van der Waals surface area contributed by atoms with Crippen LogP contribution < -0.4 is 0 Å². The zero-order chi connectivity index (χ0) is 12.0. The van der Waals surface area contributed by atoms with Gasteiger partial charge in [0.05, 0.1) is 0 Å². The van der Waals surface area contributed by atoms with Crippen molar-refractivity contribution >= 4 is 0 Å². The van der Waals surface area contributed by atoms with E-state index in [0.29, 0.717) is 5.41 Å². The Balaban J connectivity index is -0.000000107. The van der Waals surface area contributed by atoms with Crippen LogP contribution in [-0.4, -0.2) is 0 Å². The summed E-state index contributed by atoms with van der Waals surface area (Å²) in [4.78, 5) is 0. The zero-order valence-corrected chi connectivity index (χ0v) is 15.1. The molecule has 0 rings (SSSR count). The smallest absolute Gasteiger partial charge is 0 e. The van der Waals surface area contributed by atoms with Crippen molar-refractivity contribution in [3.05, 3.63) is 6.92 Å². The minimum atomic E-state index is 0. The van der Waals surface area contributed by atoms with Crippen LogP contribution in [0.25, 0.3) is 0 Å². The van der Waals surface area contributed by atoms with Gasteiger partial charge in [0, 0.05) is 21.1 Å². The summed E-state index contributed by atoms with van der Waals surface area (Å²) in [6.45, 7) is 18.8. The molecule has 0 saturated heterocycles. The third kappa shape index (κ3) is 12.6. The van der Waals surface area contributed by atoms with E-state index < -0.39 is 0 Å². The topological polar surface area (TPSA) is 0 Å². The van der Waals surface area contributed by atoms with Crippen molar-refractivity contribution in [2.24, 2.45) is 5.41 Å². The van der Waals surface area contributed by atoms with Crippen LogP contribution >= 0.6 is 0 Å². The first kappa shape index (κ1) is 24.8. The fourth-order valence-corrected chi connectivity index (χ4v) is 1.66. The molecule has 0 nitrogen and oxygen atoms in total. The van der Waals surface area contributed by atoms with E-state index in [-0.39, 0.29) is 21.1 Å². The molecule has 0 aliphatic carbocycles. The van der Waals surface area contributed by atoms with E-state index in [1.165, 1.54) is 25.7 Å². The summed E-state index contributed by atoms with van der Waals surface area (Å²) in [5.74, 6) is 0. The Bertz CT molecular complexity index is 67.1. The quantitative estimate of drug-likeness (QED) is 0.520. The summed E-state index contributed by atoms with van der Waals surface area (Å²) < 4.78 is 0. The Morgan fingerprint density at radius 3 is 1.13 bits per heavy atom. The third-order valence-electron chi connectivity index (χ3n) is 2.96. The molecule has 1 heteroatoms. The molecule has 0 unspecified atom stereocenters. The molecule has 0 atom stereocenters. The van der Waals surface area contributed by atoms with E-state index in [0.717, 1.165) is 6.42 Å². The molecule has 0 saturated carbocycles. The van der Waals surface area contributed by atoms with Crippen molar-refractivity contribution in [1.29, 1.82) is 0 Å². The van der Waals surface area contributed by atoms with Gasteiger partial charge in [0.15, 0.2) is 0 Å². The average molecular weight is 385 g/mol. The van der Waals surface area contributed by atoms with Gasteiger partial charge in [-0.25, -0.2) is 0 Å². The molecule has 0 spiro atoms. The van der Waals surface area contributed by atoms with Gasteiger partial charge >= 0.3 is 0 Å². The van der Waals surface area contributed by atoms with Crippen LogP contribution in [0.1, 0.15) is 80.6 Å². The van der Waals surface area contributed by atoms with Gasteiger partial charge in [-0.15, -0.1) is 0 Å². The second-order valence-electron chi connectivity index (χ2n) is 3.16. The third-order valence-corrected chi connectivity index (χ3v) is 2.96. The molecule has 0 radical (unpaired) electrons. The largest absolute Gasteiger partial charge is 0.343 e. The van der Waals surface area contributed by atoms with E-state index in [2.05, 4.69) is 27.7 Å². The SMILES string of the molecule is CC.CC.[CH2-]CCC(CC)(CC)CC.[W]. The second-order valence-corrected chi connectivity index (χ2v) is 3.16. The Labute approximate surface area is 114 Å². The van der Waals surface area contributed by atoms with Crippen molar-refractivity contribution in [3.8, 4) is 0 Å². The van der Waals surface area contributed by atoms with Gasteiger partial charge in [0.1, 0.15) is 0 Å². The summed E-state index contributed by atoms with van der Waals surface area (Å²) in [7, 11) is 0. The Morgan fingerprint density at radius 1 is 0.800 bits per heavy atom. The maximum absolute atomic E-state index is 3.91. The molecule has 0 aliphatic rings. The van der Waals surface area contributed by atoms with Gasteiger partial charge in [-0.05, 0) is 5.41 Å². The predicted octanol–water partition coefficient (Wildman–Crippen LogP) is 5.87. The number of hydrogen-bond donors (Lipinski definition) is 0. The van der Waals surface area contributed by atoms with Gasteiger partial charge in [-0.2, -0.15) is 6.42 Å². The molecule has 0 amide bonds. The summed E-state index contributed by atoms with van der Waals surface area (Å²) in [6.07, 6.45) is 6.34. The first-order valence-electron chi connectivity index (χ1n) is 6.54. The van der Waals surface area contributed by atoms with Gasteiger partial charge < -0.3 is 6.92 Å². The van der Waals surface area contributed by atoms with Crippen LogP contribution in [-0.2, 0) is 21.1 Å². The van der Waals surface area contributed by atoms with Crippen molar-refractivity contribution in [1.82, 2.24) is 0 Å². The van der Waals surface area contributed by atoms with Crippen molar-refractivity contribution < 1.29 is 21.1 Å². The Morgan fingerprint density at radius 2 is 1.07 bits per heavy atom. The fourth-order valence-electron chi connectivity index (χ4n) is 1.66. The van der Waals surface area contributed by atoms with Gasteiger partial charge in [-0.1, -0.05) is 74.1 Å². The summed E-state index contributed by atoms with van der Waals surface area (Å²) in [5.41, 5.74) is 0.613. The Hall–Kier alpha value is 0.688. The Kier molecular flexibility index (Phi) is 33.3. The minimum Gasteiger partial charge on any atom is -0.343 e. The summed E-state index contributed by atoms with van der Waals surface area (Å²) in [6, 6.07) is 0. The predicted molar refractivity (Wildman–Crippen MR) is 70.6 cm³/mol. The molecule has 0 aromatic rings. The molecular weight excluding hydrogens is 352 g/mol. The van der Waals surface area contributed by atoms with Crippen LogP contribution in [0.15, 0.2) is 0 Å². The van der Waals surface area contributed by atoms with Crippen LogP contribution in [0.4, 0.5) is 0 Å². The van der Waals surface area contributed by atoms with Crippen molar-refractivity contribution in [2.45, 2.75) is 80.6 Å². The van der Waals surface area contributed by atoms with Crippen LogP contribution in [0.2, 0.25) is 0 Å². The number of hydrogen-bond acceptors (Lipinski definition) is 0. The maximum Gasteiger partial charge on any atom is 0 e. The van der Waals surface area contributed by atoms with E-state index in [1.807, 2.05) is 27.7 Å². The fraction of sp³-hybridized carbons (Fsp3) is 0.929. The summed E-state index contributed by atoms with van der Waals surface area (Å²) >= 11 is 0. The van der Waals surface area contributed by atoms with Crippen LogP contribution in [0.3, 0.4) is 0 Å². The minimum absolute atomic E-state index is 0. The van der Waals surface area contributed by atoms with Crippen molar-refractivity contribution in [3.63, 3.8) is 0 Å². The van der Waals surface area contributed by atoms with Crippen LogP contribution in [0.5, 0.6) is 0 Å². The van der Waals surface area contributed by atoms with Crippen LogP contribution in [0, 0.1) is 12.3 Å². The van der Waals surface area contributed by atoms with Gasteiger partial charge in [-0.3, -0.25) is 0 Å². The molecule has 0 fully saturated rings. The van der Waals surface area contributed by atoms with Gasteiger partial charge in [0.2, 0.25) is 0 Å². The maximum atomic E-state index is 3.91. The average Bonchev–Trinajstić information content (AvgIpc) is 2.31. The normalized spacial score (nSPS) is 8.80.